The standard InChI is InChI=1S/C36H26Br2O3S/c37-29-21-27(22-30(38)35(29)41-31(36(39)40)19-23-9-3-1-4-10-23)25-15-17-26(18-16-25)34-28-13-7-8-14-32(28)42-33(34)20-24-11-5-2-6-12-24/h1-18,21-22,31H,19-20H2,(H,39,40)/t31-/m1/s1. The number of rotatable bonds is 9. The van der Waals surface area contributed by atoms with Gasteiger partial charge >= 0.3 is 5.97 Å². The maximum absolute atomic E-state index is 12.0. The van der Waals surface area contributed by atoms with E-state index in [1.165, 1.54) is 31.7 Å². The lowest BCUT2D eigenvalue weighted by molar-refractivity contribution is -0.145. The Morgan fingerprint density at radius 2 is 1.29 bits per heavy atom. The van der Waals surface area contributed by atoms with Gasteiger partial charge in [0.15, 0.2) is 6.10 Å². The zero-order valence-electron chi connectivity index (χ0n) is 22.5. The fourth-order valence-corrected chi connectivity index (χ4v) is 7.77. The van der Waals surface area contributed by atoms with Gasteiger partial charge in [0.25, 0.3) is 0 Å². The molecule has 0 bridgehead atoms. The minimum atomic E-state index is -1.02. The van der Waals surface area contributed by atoms with Gasteiger partial charge in [-0.05, 0) is 77.9 Å². The molecule has 6 aromatic rings. The number of carbonyl (C=O) groups is 1. The van der Waals surface area contributed by atoms with Gasteiger partial charge in [-0.15, -0.1) is 11.3 Å². The lowest BCUT2D eigenvalue weighted by atomic mass is 9.96. The van der Waals surface area contributed by atoms with Crippen LogP contribution in [0, 0.1) is 0 Å². The monoisotopic (exact) mass is 696 g/mol. The molecule has 1 aromatic heterocycles. The van der Waals surface area contributed by atoms with E-state index in [9.17, 15) is 9.90 Å². The first-order chi connectivity index (χ1) is 20.5. The second-order valence-electron chi connectivity index (χ2n) is 10.0. The molecule has 5 aromatic carbocycles. The van der Waals surface area contributed by atoms with Gasteiger partial charge in [0.05, 0.1) is 8.95 Å². The summed E-state index contributed by atoms with van der Waals surface area (Å²) in [5.41, 5.74) is 6.71. The number of hydrogen-bond acceptors (Lipinski definition) is 3. The summed E-state index contributed by atoms with van der Waals surface area (Å²) in [6.45, 7) is 0. The molecule has 0 amide bonds. The Bertz CT molecular complexity index is 1830. The van der Waals surface area contributed by atoms with Crippen molar-refractivity contribution in [2.24, 2.45) is 0 Å². The fraction of sp³-hybridized carbons (Fsp3) is 0.0833. The summed E-state index contributed by atoms with van der Waals surface area (Å²) >= 11 is 9.11. The molecule has 0 saturated carbocycles. The molecule has 1 N–H and O–H groups in total. The number of thiophene rings is 1. The summed E-state index contributed by atoms with van der Waals surface area (Å²) in [7, 11) is 0. The van der Waals surface area contributed by atoms with E-state index in [0.717, 1.165) is 23.1 Å². The molecule has 6 rings (SSSR count). The molecule has 3 nitrogen and oxygen atoms in total. The van der Waals surface area contributed by atoms with E-state index >= 15 is 0 Å². The summed E-state index contributed by atoms with van der Waals surface area (Å²) < 4.78 is 8.67. The van der Waals surface area contributed by atoms with Crippen molar-refractivity contribution in [3.63, 3.8) is 0 Å². The molecular formula is C36H26Br2O3S. The normalized spacial score (nSPS) is 11.9. The van der Waals surface area contributed by atoms with Crippen molar-refractivity contribution in [3.05, 3.63) is 146 Å². The summed E-state index contributed by atoms with van der Waals surface area (Å²) in [6.07, 6.45) is 0.137. The van der Waals surface area contributed by atoms with Crippen molar-refractivity contribution >= 4 is 59.3 Å². The Hall–Kier alpha value is -3.71. The minimum Gasteiger partial charge on any atom is -0.478 e. The zero-order chi connectivity index (χ0) is 29.1. The minimum absolute atomic E-state index is 0.266. The molecule has 6 heteroatoms. The quantitative estimate of drug-likeness (QED) is 0.164. The molecule has 0 spiro atoms. The van der Waals surface area contributed by atoms with Gasteiger partial charge in [0.2, 0.25) is 0 Å². The van der Waals surface area contributed by atoms with E-state index in [-0.39, 0.29) is 6.42 Å². The van der Waals surface area contributed by atoms with Crippen LogP contribution in [0.25, 0.3) is 32.3 Å². The van der Waals surface area contributed by atoms with Crippen LogP contribution in [0.2, 0.25) is 0 Å². The maximum atomic E-state index is 12.0. The molecule has 0 saturated heterocycles. The van der Waals surface area contributed by atoms with Crippen molar-refractivity contribution in [2.45, 2.75) is 18.9 Å². The lowest BCUT2D eigenvalue weighted by Gasteiger charge is -2.18. The van der Waals surface area contributed by atoms with Gasteiger partial charge in [0, 0.05) is 33.4 Å². The average Bonchev–Trinajstić information content (AvgIpc) is 3.37. The highest BCUT2D eigenvalue weighted by atomic mass is 79.9. The topological polar surface area (TPSA) is 46.5 Å². The first kappa shape index (κ1) is 28.4. The van der Waals surface area contributed by atoms with E-state index in [4.69, 9.17) is 4.74 Å². The SMILES string of the molecule is O=C(O)[C@@H](Cc1ccccc1)Oc1c(Br)cc(-c2ccc(-c3c(Cc4ccccc4)sc4ccccc34)cc2)cc1Br. The number of carboxylic acids is 1. The first-order valence-electron chi connectivity index (χ1n) is 13.5. The van der Waals surface area contributed by atoms with Crippen molar-refractivity contribution < 1.29 is 14.6 Å². The van der Waals surface area contributed by atoms with Gasteiger partial charge in [-0.3, -0.25) is 0 Å². The van der Waals surface area contributed by atoms with Crippen LogP contribution in [0.15, 0.2) is 130 Å². The first-order valence-corrected chi connectivity index (χ1v) is 15.9. The number of fused-ring (bicyclic) bond motifs is 1. The summed E-state index contributed by atoms with van der Waals surface area (Å²) in [5, 5.41) is 11.1. The number of ether oxygens (including phenoxy) is 1. The predicted molar refractivity (Wildman–Crippen MR) is 180 cm³/mol. The number of aliphatic carboxylic acids is 1. The Morgan fingerprint density at radius 1 is 0.714 bits per heavy atom. The molecule has 1 heterocycles. The molecule has 0 aliphatic heterocycles. The van der Waals surface area contributed by atoms with Crippen LogP contribution in [0.4, 0.5) is 0 Å². The number of halogens is 2. The van der Waals surface area contributed by atoms with Crippen molar-refractivity contribution in [1.29, 1.82) is 0 Å². The number of hydrogen-bond donors (Lipinski definition) is 1. The Morgan fingerprint density at radius 3 is 1.93 bits per heavy atom. The van der Waals surface area contributed by atoms with Crippen LogP contribution in [0.5, 0.6) is 5.75 Å². The summed E-state index contributed by atoms with van der Waals surface area (Å²) in [5.74, 6) is -0.543. The van der Waals surface area contributed by atoms with Crippen LogP contribution >= 0.6 is 43.2 Å². The van der Waals surface area contributed by atoms with Crippen molar-refractivity contribution in [3.8, 4) is 28.0 Å². The molecule has 1 atom stereocenters. The molecular weight excluding hydrogens is 672 g/mol. The predicted octanol–water partition coefficient (Wildman–Crippen LogP) is 10.4. The van der Waals surface area contributed by atoms with Gasteiger partial charge in [-0.25, -0.2) is 4.79 Å². The van der Waals surface area contributed by atoms with E-state index in [0.29, 0.717) is 14.7 Å². The molecule has 0 unspecified atom stereocenters. The largest absolute Gasteiger partial charge is 0.478 e. The summed E-state index contributed by atoms with van der Waals surface area (Å²) in [6, 6.07) is 41.3. The van der Waals surface area contributed by atoms with E-state index in [1.807, 2.05) is 53.8 Å². The third-order valence-corrected chi connectivity index (χ3v) is 9.53. The highest BCUT2D eigenvalue weighted by molar-refractivity contribution is 9.11. The fourth-order valence-electron chi connectivity index (χ4n) is 5.14. The second kappa shape index (κ2) is 12.7. The molecule has 0 aliphatic rings. The average molecular weight is 698 g/mol. The molecule has 0 radical (unpaired) electrons. The van der Waals surface area contributed by atoms with Gasteiger partial charge < -0.3 is 9.84 Å². The third-order valence-electron chi connectivity index (χ3n) is 7.18. The van der Waals surface area contributed by atoms with Gasteiger partial charge in [-0.2, -0.15) is 0 Å². The molecule has 42 heavy (non-hydrogen) atoms. The third kappa shape index (κ3) is 6.21. The van der Waals surface area contributed by atoms with Crippen molar-refractivity contribution in [2.75, 3.05) is 0 Å². The van der Waals surface area contributed by atoms with E-state index < -0.39 is 12.1 Å². The van der Waals surface area contributed by atoms with E-state index in [1.54, 1.807) is 0 Å². The molecule has 208 valence electrons. The van der Waals surface area contributed by atoms with Crippen molar-refractivity contribution in [1.82, 2.24) is 0 Å². The number of benzene rings is 5. The lowest BCUT2D eigenvalue weighted by Crippen LogP contribution is -2.29. The Labute approximate surface area is 265 Å². The zero-order valence-corrected chi connectivity index (χ0v) is 26.5. The second-order valence-corrected chi connectivity index (χ2v) is 12.9. The Balaban J connectivity index is 1.28. The van der Waals surface area contributed by atoms with E-state index in [2.05, 4.69) is 111 Å². The summed E-state index contributed by atoms with van der Waals surface area (Å²) in [4.78, 5) is 13.4. The highest BCUT2D eigenvalue weighted by Crippen LogP contribution is 2.42. The highest BCUT2D eigenvalue weighted by Gasteiger charge is 2.23. The van der Waals surface area contributed by atoms with Crippen LogP contribution in [-0.2, 0) is 17.6 Å². The number of carboxylic acid groups (broad SMARTS) is 1. The van der Waals surface area contributed by atoms with Crippen LogP contribution in [-0.4, -0.2) is 17.2 Å². The van der Waals surface area contributed by atoms with Gasteiger partial charge in [0.1, 0.15) is 5.75 Å². The van der Waals surface area contributed by atoms with Crippen LogP contribution in [0.1, 0.15) is 16.0 Å². The maximum Gasteiger partial charge on any atom is 0.345 e. The van der Waals surface area contributed by atoms with Gasteiger partial charge in [-0.1, -0.05) is 103 Å². The van der Waals surface area contributed by atoms with Crippen LogP contribution < -0.4 is 4.74 Å². The van der Waals surface area contributed by atoms with Crippen LogP contribution in [0.3, 0.4) is 0 Å². The molecule has 0 aliphatic carbocycles. The molecule has 0 fully saturated rings. The Kier molecular flexibility index (Phi) is 8.56. The smallest absolute Gasteiger partial charge is 0.345 e.